The van der Waals surface area contributed by atoms with Gasteiger partial charge < -0.3 is 0 Å². The van der Waals surface area contributed by atoms with Gasteiger partial charge in [0.25, 0.3) is 0 Å². The van der Waals surface area contributed by atoms with Crippen molar-refractivity contribution in [3.8, 4) is 0 Å². The highest BCUT2D eigenvalue weighted by molar-refractivity contribution is 6.31. The van der Waals surface area contributed by atoms with Gasteiger partial charge in [-0.15, -0.1) is 0 Å². The Morgan fingerprint density at radius 1 is 1.62 bits per heavy atom. The van der Waals surface area contributed by atoms with Crippen LogP contribution in [0.3, 0.4) is 0 Å². The monoisotopic (exact) mass is 242 g/mol. The highest BCUT2D eigenvalue weighted by Gasteiger charge is 2.16. The van der Waals surface area contributed by atoms with Crippen LogP contribution in [-0.2, 0) is 0 Å². The van der Waals surface area contributed by atoms with Gasteiger partial charge >= 0.3 is 0 Å². The number of nitrogens with one attached hydrogen (secondary N) is 1. The zero-order chi connectivity index (χ0) is 12.1. The Labute approximate surface area is 100 Å². The third kappa shape index (κ3) is 3.04. The van der Waals surface area contributed by atoms with Gasteiger partial charge in [0.05, 0.1) is 11.1 Å². The average molecular weight is 243 g/mol. The Bertz CT molecular complexity index is 379. The third-order valence-corrected chi connectivity index (χ3v) is 2.95. The van der Waals surface area contributed by atoms with Crippen LogP contribution in [-0.4, -0.2) is 0 Å². The van der Waals surface area contributed by atoms with Crippen LogP contribution in [0, 0.1) is 5.82 Å². The van der Waals surface area contributed by atoms with Crippen LogP contribution >= 0.6 is 11.6 Å². The molecule has 1 aromatic carbocycles. The summed E-state index contributed by atoms with van der Waals surface area (Å²) in [6.07, 6.45) is 1.52. The molecule has 4 heteroatoms. The maximum absolute atomic E-state index is 13.3. The zero-order valence-corrected chi connectivity index (χ0v) is 10.0. The van der Waals surface area contributed by atoms with E-state index in [1.807, 2.05) is 6.92 Å². The van der Waals surface area contributed by atoms with Crippen LogP contribution in [0.5, 0.6) is 0 Å². The number of hydrogen-bond acceptors (Lipinski definition) is 2. The molecule has 0 aliphatic heterocycles. The van der Waals surface area contributed by atoms with Crippen LogP contribution in [0.25, 0.3) is 0 Å². The molecule has 3 N–H and O–H groups in total. The van der Waals surface area contributed by atoms with E-state index < -0.39 is 5.82 Å². The first-order chi connectivity index (χ1) is 7.60. The molecule has 0 aromatic heterocycles. The second-order valence-corrected chi connectivity index (χ2v) is 4.05. The van der Waals surface area contributed by atoms with Crippen molar-refractivity contribution >= 4 is 11.6 Å². The summed E-state index contributed by atoms with van der Waals surface area (Å²) in [5.74, 6) is 5.03. The molecule has 0 amide bonds. The van der Waals surface area contributed by atoms with E-state index in [0.717, 1.165) is 12.0 Å². The fourth-order valence-electron chi connectivity index (χ4n) is 1.48. The van der Waals surface area contributed by atoms with Gasteiger partial charge in [-0.3, -0.25) is 11.3 Å². The standard InChI is InChI=1S/C12H16ClFN2/c1-3-8(2)7-11(16-15)9-5-4-6-10(14)12(9)13/h4-6,11,16H,2-3,7,15H2,1H3. The minimum atomic E-state index is -0.429. The number of hydrazine groups is 1. The fourth-order valence-corrected chi connectivity index (χ4v) is 1.74. The summed E-state index contributed by atoms with van der Waals surface area (Å²) in [6.45, 7) is 5.92. The van der Waals surface area contributed by atoms with Crippen molar-refractivity contribution < 1.29 is 4.39 Å². The molecule has 1 rings (SSSR count). The summed E-state index contributed by atoms with van der Waals surface area (Å²) in [5.41, 5.74) is 4.35. The van der Waals surface area contributed by atoms with Crippen LogP contribution in [0.4, 0.5) is 4.39 Å². The first-order valence-corrected chi connectivity index (χ1v) is 5.54. The van der Waals surface area contributed by atoms with Gasteiger partial charge in [0.1, 0.15) is 5.82 Å². The van der Waals surface area contributed by atoms with Crippen molar-refractivity contribution in [1.82, 2.24) is 5.43 Å². The van der Waals surface area contributed by atoms with Crippen LogP contribution in [0.15, 0.2) is 30.4 Å². The lowest BCUT2D eigenvalue weighted by atomic mass is 9.99. The summed E-state index contributed by atoms with van der Waals surface area (Å²) >= 11 is 5.89. The molecule has 0 bridgehead atoms. The largest absolute Gasteiger partial charge is 0.271 e. The van der Waals surface area contributed by atoms with Gasteiger partial charge in [-0.25, -0.2) is 4.39 Å². The summed E-state index contributed by atoms with van der Waals surface area (Å²) in [6, 6.07) is 4.51. The summed E-state index contributed by atoms with van der Waals surface area (Å²) in [7, 11) is 0. The number of nitrogens with two attached hydrogens (primary N) is 1. The highest BCUT2D eigenvalue weighted by Crippen LogP contribution is 2.29. The molecule has 0 saturated heterocycles. The SMILES string of the molecule is C=C(CC)CC(NN)c1cccc(F)c1Cl. The van der Waals surface area contributed by atoms with Crippen LogP contribution in [0.2, 0.25) is 5.02 Å². The molecule has 88 valence electrons. The number of hydrogen-bond donors (Lipinski definition) is 2. The van der Waals surface area contributed by atoms with Crippen molar-refractivity contribution in [2.24, 2.45) is 5.84 Å². The Balaban J connectivity index is 2.95. The predicted octanol–water partition coefficient (Wildman–Crippen LogP) is 3.34. The van der Waals surface area contributed by atoms with E-state index in [1.54, 1.807) is 12.1 Å². The minimum absolute atomic E-state index is 0.120. The van der Waals surface area contributed by atoms with E-state index >= 15 is 0 Å². The second kappa shape index (κ2) is 5.99. The Kier molecular flexibility index (Phi) is 4.93. The Morgan fingerprint density at radius 3 is 2.88 bits per heavy atom. The van der Waals surface area contributed by atoms with Gasteiger partial charge in [0.15, 0.2) is 0 Å². The van der Waals surface area contributed by atoms with E-state index in [0.29, 0.717) is 12.0 Å². The molecular weight excluding hydrogens is 227 g/mol. The minimum Gasteiger partial charge on any atom is -0.271 e. The topological polar surface area (TPSA) is 38.0 Å². The lowest BCUT2D eigenvalue weighted by Crippen LogP contribution is -2.28. The van der Waals surface area contributed by atoms with Crippen molar-refractivity contribution in [2.45, 2.75) is 25.8 Å². The first kappa shape index (κ1) is 13.2. The summed E-state index contributed by atoms with van der Waals surface area (Å²) < 4.78 is 13.3. The number of benzene rings is 1. The molecule has 0 heterocycles. The van der Waals surface area contributed by atoms with E-state index in [4.69, 9.17) is 17.4 Å². The summed E-state index contributed by atoms with van der Waals surface area (Å²) in [5, 5.41) is 0.120. The van der Waals surface area contributed by atoms with E-state index in [1.165, 1.54) is 6.07 Å². The van der Waals surface area contributed by atoms with Crippen molar-refractivity contribution in [2.75, 3.05) is 0 Å². The number of rotatable bonds is 5. The van der Waals surface area contributed by atoms with E-state index in [-0.39, 0.29) is 11.1 Å². The Hall–Kier alpha value is -0.900. The van der Waals surface area contributed by atoms with Gasteiger partial charge in [-0.2, -0.15) is 0 Å². The zero-order valence-electron chi connectivity index (χ0n) is 9.26. The average Bonchev–Trinajstić information content (AvgIpc) is 2.29. The Morgan fingerprint density at radius 2 is 2.31 bits per heavy atom. The van der Waals surface area contributed by atoms with Crippen molar-refractivity contribution in [3.63, 3.8) is 0 Å². The van der Waals surface area contributed by atoms with Gasteiger partial charge in [-0.05, 0) is 24.5 Å². The molecular formula is C12H16ClFN2. The predicted molar refractivity (Wildman–Crippen MR) is 65.5 cm³/mol. The molecule has 0 saturated carbocycles. The maximum atomic E-state index is 13.3. The van der Waals surface area contributed by atoms with Crippen molar-refractivity contribution in [3.05, 3.63) is 46.8 Å². The van der Waals surface area contributed by atoms with E-state index in [2.05, 4.69) is 12.0 Å². The van der Waals surface area contributed by atoms with Gasteiger partial charge in [-0.1, -0.05) is 42.8 Å². The lowest BCUT2D eigenvalue weighted by Gasteiger charge is -2.18. The molecule has 0 radical (unpaired) electrons. The molecule has 1 unspecified atom stereocenters. The molecule has 1 aromatic rings. The van der Waals surface area contributed by atoms with Crippen LogP contribution < -0.4 is 11.3 Å². The quantitative estimate of drug-likeness (QED) is 0.472. The normalized spacial score (nSPS) is 12.5. The van der Waals surface area contributed by atoms with Gasteiger partial charge in [0.2, 0.25) is 0 Å². The smallest absolute Gasteiger partial charge is 0.142 e. The lowest BCUT2D eigenvalue weighted by molar-refractivity contribution is 0.538. The maximum Gasteiger partial charge on any atom is 0.142 e. The first-order valence-electron chi connectivity index (χ1n) is 5.16. The third-order valence-electron chi connectivity index (χ3n) is 2.55. The number of halogens is 2. The fraction of sp³-hybridized carbons (Fsp3) is 0.333. The van der Waals surface area contributed by atoms with Crippen LogP contribution in [0.1, 0.15) is 31.4 Å². The molecule has 0 spiro atoms. The molecule has 0 aliphatic rings. The molecule has 1 atom stereocenters. The second-order valence-electron chi connectivity index (χ2n) is 3.67. The van der Waals surface area contributed by atoms with Crippen molar-refractivity contribution in [1.29, 1.82) is 0 Å². The molecule has 16 heavy (non-hydrogen) atoms. The van der Waals surface area contributed by atoms with E-state index in [9.17, 15) is 4.39 Å². The van der Waals surface area contributed by atoms with Gasteiger partial charge in [0, 0.05) is 0 Å². The molecule has 2 nitrogen and oxygen atoms in total. The highest BCUT2D eigenvalue weighted by atomic mass is 35.5. The molecule has 0 aliphatic carbocycles. The molecule has 0 fully saturated rings. The summed E-state index contributed by atoms with van der Waals surface area (Å²) in [4.78, 5) is 0.